The average molecular weight is 132 g/mol. The van der Waals surface area contributed by atoms with Gasteiger partial charge in [-0.1, -0.05) is 0 Å². The normalized spacial score (nSPS) is 91.2. The summed E-state index contributed by atoms with van der Waals surface area (Å²) in [5.41, 5.74) is 0. The van der Waals surface area contributed by atoms with Crippen LogP contribution in [-0.4, -0.2) is 0 Å². The lowest BCUT2D eigenvalue weighted by Crippen LogP contribution is -2.60. The average Bonchev–Trinajstić information content (AvgIpc) is 2.32. The Morgan fingerprint density at radius 1 is 0.500 bits per heavy atom. The SMILES string of the molecule is C1[C@@H]2[C@H]3[C@@H]4C[C@H]5[C@@H]([C@@H]14)[C@H]2[C@@H]53. The van der Waals surface area contributed by atoms with Gasteiger partial charge < -0.3 is 0 Å². The van der Waals surface area contributed by atoms with Crippen molar-refractivity contribution in [2.75, 3.05) is 0 Å². The Morgan fingerprint density at radius 2 is 1.00 bits per heavy atom. The van der Waals surface area contributed by atoms with Crippen LogP contribution in [0.15, 0.2) is 0 Å². The van der Waals surface area contributed by atoms with Crippen molar-refractivity contribution in [1.82, 2.24) is 0 Å². The predicted molar refractivity (Wildman–Crippen MR) is 37.2 cm³/mol. The molecule has 0 aromatic heterocycles. The van der Waals surface area contributed by atoms with E-state index in [-0.39, 0.29) is 0 Å². The molecule has 8 atom stereocenters. The predicted octanol–water partition coefficient (Wildman–Crippen LogP) is 1.76. The van der Waals surface area contributed by atoms with E-state index in [1.54, 1.807) is 12.8 Å². The van der Waals surface area contributed by atoms with Crippen LogP contribution >= 0.6 is 0 Å². The van der Waals surface area contributed by atoms with Crippen molar-refractivity contribution < 1.29 is 0 Å². The third kappa shape index (κ3) is 0.170. The second-order valence-electron chi connectivity index (χ2n) is 5.44. The minimum Gasteiger partial charge on any atom is -0.0465 e. The molecule has 0 radical (unpaired) electrons. The first-order valence-electron chi connectivity index (χ1n) is 4.97. The molecule has 0 amide bonds. The molecule has 6 aliphatic rings. The molecule has 4 bridgehead atoms. The van der Waals surface area contributed by atoms with Crippen LogP contribution < -0.4 is 0 Å². The molecule has 6 fully saturated rings. The number of hydrogen-bond donors (Lipinski definition) is 0. The van der Waals surface area contributed by atoms with Crippen molar-refractivity contribution in [3.05, 3.63) is 0 Å². The van der Waals surface area contributed by atoms with Crippen molar-refractivity contribution in [3.63, 3.8) is 0 Å². The van der Waals surface area contributed by atoms with Crippen molar-refractivity contribution in [2.24, 2.45) is 47.3 Å². The van der Waals surface area contributed by atoms with E-state index in [4.69, 9.17) is 0 Å². The molecular weight excluding hydrogens is 120 g/mol. The van der Waals surface area contributed by atoms with Crippen molar-refractivity contribution in [3.8, 4) is 0 Å². The van der Waals surface area contributed by atoms with Gasteiger partial charge in [0.1, 0.15) is 0 Å². The third-order valence-electron chi connectivity index (χ3n) is 5.94. The molecule has 0 spiro atoms. The second-order valence-corrected chi connectivity index (χ2v) is 5.44. The molecule has 0 heterocycles. The van der Waals surface area contributed by atoms with Gasteiger partial charge in [-0.3, -0.25) is 0 Å². The Kier molecular flexibility index (Phi) is 0.352. The summed E-state index contributed by atoms with van der Waals surface area (Å²) in [5.74, 6) is 10.3. The van der Waals surface area contributed by atoms with Gasteiger partial charge in [0.05, 0.1) is 0 Å². The van der Waals surface area contributed by atoms with Gasteiger partial charge in [0.2, 0.25) is 0 Å². The monoisotopic (exact) mass is 132 g/mol. The van der Waals surface area contributed by atoms with Crippen molar-refractivity contribution in [1.29, 1.82) is 0 Å². The molecule has 0 aliphatic heterocycles. The van der Waals surface area contributed by atoms with Gasteiger partial charge in [-0.2, -0.15) is 0 Å². The molecule has 0 nitrogen and oxygen atoms in total. The molecular formula is C10H12. The Hall–Kier alpha value is 0. The molecule has 0 saturated heterocycles. The summed E-state index contributed by atoms with van der Waals surface area (Å²) in [6, 6.07) is 0. The highest BCUT2D eigenvalue weighted by Gasteiger charge is 2.83. The van der Waals surface area contributed by atoms with E-state index in [0.717, 1.165) is 0 Å². The molecule has 52 valence electrons. The van der Waals surface area contributed by atoms with Crippen LogP contribution in [0, 0.1) is 47.3 Å². The maximum atomic E-state index is 1.68. The van der Waals surface area contributed by atoms with Gasteiger partial charge in [0, 0.05) is 0 Å². The minimum atomic E-state index is 1.27. The van der Waals surface area contributed by atoms with Gasteiger partial charge in [-0.25, -0.2) is 0 Å². The topological polar surface area (TPSA) is 0 Å². The van der Waals surface area contributed by atoms with E-state index in [1.165, 1.54) is 47.3 Å². The quantitative estimate of drug-likeness (QED) is 0.471. The lowest BCUT2D eigenvalue weighted by molar-refractivity contribution is -0.169. The summed E-state index contributed by atoms with van der Waals surface area (Å²) in [6.45, 7) is 0. The van der Waals surface area contributed by atoms with Crippen LogP contribution in [0.2, 0.25) is 0 Å². The van der Waals surface area contributed by atoms with Gasteiger partial charge >= 0.3 is 0 Å². The molecule has 6 aliphatic carbocycles. The van der Waals surface area contributed by atoms with Crippen LogP contribution in [-0.2, 0) is 0 Å². The maximum absolute atomic E-state index is 1.68. The van der Waals surface area contributed by atoms with E-state index in [1.807, 2.05) is 0 Å². The standard InChI is InChI=1S/C10H12/c1-3-4-2-6-7(3)9-5(1)8(4)10(6)9/h3-10H,1-2H2/t3-,4+,5+,6-,7-,8-,9+,10+/m1/s1. The minimum absolute atomic E-state index is 1.27. The maximum Gasteiger partial charge on any atom is -0.0315 e. The van der Waals surface area contributed by atoms with Crippen LogP contribution in [0.3, 0.4) is 0 Å². The fourth-order valence-corrected chi connectivity index (χ4v) is 6.15. The van der Waals surface area contributed by atoms with Crippen molar-refractivity contribution in [2.45, 2.75) is 12.8 Å². The lowest BCUT2D eigenvalue weighted by atomic mass is 9.41. The first-order valence-corrected chi connectivity index (χ1v) is 4.97. The van der Waals surface area contributed by atoms with E-state index < -0.39 is 0 Å². The first-order chi connectivity index (χ1) is 4.97. The zero-order valence-corrected chi connectivity index (χ0v) is 6.03. The highest BCUT2D eigenvalue weighted by atomic mass is 14.9. The van der Waals surface area contributed by atoms with Gasteiger partial charge in [-0.05, 0) is 60.2 Å². The van der Waals surface area contributed by atoms with E-state index >= 15 is 0 Å². The highest BCUT2D eigenvalue weighted by Crippen LogP contribution is 2.88. The summed E-state index contributed by atoms with van der Waals surface area (Å²) in [5, 5.41) is 0. The summed E-state index contributed by atoms with van der Waals surface area (Å²) in [4.78, 5) is 0. The Morgan fingerprint density at radius 3 is 1.40 bits per heavy atom. The van der Waals surface area contributed by atoms with E-state index in [0.29, 0.717) is 0 Å². The van der Waals surface area contributed by atoms with Gasteiger partial charge in [0.25, 0.3) is 0 Å². The molecule has 0 unspecified atom stereocenters. The van der Waals surface area contributed by atoms with Crippen LogP contribution in [0.4, 0.5) is 0 Å². The van der Waals surface area contributed by atoms with Crippen molar-refractivity contribution >= 4 is 0 Å². The molecule has 0 aromatic carbocycles. The van der Waals surface area contributed by atoms with Crippen LogP contribution in [0.1, 0.15) is 12.8 Å². The Bertz CT molecular complexity index is 201. The molecule has 6 rings (SSSR count). The van der Waals surface area contributed by atoms with Gasteiger partial charge in [-0.15, -0.1) is 0 Å². The molecule has 0 aromatic rings. The van der Waals surface area contributed by atoms with E-state index in [2.05, 4.69) is 0 Å². The molecule has 0 heteroatoms. The Labute approximate surface area is 61.0 Å². The van der Waals surface area contributed by atoms with Gasteiger partial charge in [0.15, 0.2) is 0 Å². The zero-order chi connectivity index (χ0) is 6.03. The fourth-order valence-electron chi connectivity index (χ4n) is 6.15. The van der Waals surface area contributed by atoms with E-state index in [9.17, 15) is 0 Å². The molecule has 10 heavy (non-hydrogen) atoms. The molecule has 0 N–H and O–H groups in total. The fraction of sp³-hybridized carbons (Fsp3) is 1.00. The van der Waals surface area contributed by atoms with Crippen LogP contribution in [0.25, 0.3) is 0 Å². The summed E-state index contributed by atoms with van der Waals surface area (Å²) < 4.78 is 0. The molecule has 6 saturated carbocycles. The summed E-state index contributed by atoms with van der Waals surface area (Å²) >= 11 is 0. The first kappa shape index (κ1) is 4.13. The van der Waals surface area contributed by atoms with Crippen LogP contribution in [0.5, 0.6) is 0 Å². The Balaban J connectivity index is 1.94. The summed E-state index contributed by atoms with van der Waals surface area (Å²) in [7, 11) is 0. The lowest BCUT2D eigenvalue weighted by Gasteiger charge is -2.63. The third-order valence-corrected chi connectivity index (χ3v) is 5.94. The second kappa shape index (κ2) is 0.852. The number of hydrogen-bond acceptors (Lipinski definition) is 0. The largest absolute Gasteiger partial charge is 0.0465 e. The smallest absolute Gasteiger partial charge is 0.0315 e. The zero-order valence-electron chi connectivity index (χ0n) is 6.03. The highest BCUT2D eigenvalue weighted by molar-refractivity contribution is 5.30. The number of rotatable bonds is 0. The summed E-state index contributed by atoms with van der Waals surface area (Å²) in [6.07, 6.45) is 3.36.